The van der Waals surface area contributed by atoms with Crippen LogP contribution in [0.4, 0.5) is 4.39 Å². The third kappa shape index (κ3) is 3.31. The normalized spacial score (nSPS) is 11.5. The third-order valence-electron chi connectivity index (χ3n) is 5.45. The highest BCUT2D eigenvalue weighted by molar-refractivity contribution is 6.06. The predicted molar refractivity (Wildman–Crippen MR) is 116 cm³/mol. The zero-order valence-electron chi connectivity index (χ0n) is 17.6. The molecule has 8 nitrogen and oxygen atoms in total. The number of aryl methyl sites for hydroxylation is 1. The SMILES string of the molecule is CCc1noc(Cn2cnc3c4cc(OC)ccc4n(Cc4ccccc4F)c3c2=O)n1. The molecule has 0 amide bonds. The lowest BCUT2D eigenvalue weighted by molar-refractivity contribution is 0.365. The molecule has 0 saturated carbocycles. The number of benzene rings is 2. The van der Waals surface area contributed by atoms with Crippen LogP contribution in [0.5, 0.6) is 5.75 Å². The minimum Gasteiger partial charge on any atom is -0.497 e. The summed E-state index contributed by atoms with van der Waals surface area (Å²) in [5.74, 6) is 1.20. The first-order valence-electron chi connectivity index (χ1n) is 10.2. The molecule has 9 heteroatoms. The van der Waals surface area contributed by atoms with Gasteiger partial charge in [-0.2, -0.15) is 4.98 Å². The van der Waals surface area contributed by atoms with Crippen LogP contribution < -0.4 is 10.3 Å². The Morgan fingerprint density at radius 3 is 2.75 bits per heavy atom. The van der Waals surface area contributed by atoms with Gasteiger partial charge in [-0.25, -0.2) is 9.37 Å². The van der Waals surface area contributed by atoms with Crippen molar-refractivity contribution in [3.05, 3.63) is 82.2 Å². The van der Waals surface area contributed by atoms with Crippen LogP contribution in [-0.4, -0.2) is 31.4 Å². The first-order valence-corrected chi connectivity index (χ1v) is 10.2. The second-order valence-corrected chi connectivity index (χ2v) is 7.39. The molecular formula is C23H20FN5O3. The van der Waals surface area contributed by atoms with Crippen LogP contribution in [0.3, 0.4) is 0 Å². The highest BCUT2D eigenvalue weighted by Gasteiger charge is 2.19. The summed E-state index contributed by atoms with van der Waals surface area (Å²) in [6.07, 6.45) is 2.10. The number of aromatic nitrogens is 5. The van der Waals surface area contributed by atoms with Crippen LogP contribution in [0, 0.1) is 5.82 Å². The van der Waals surface area contributed by atoms with E-state index in [0.29, 0.717) is 40.5 Å². The lowest BCUT2D eigenvalue weighted by Gasteiger charge is -2.09. The zero-order chi connectivity index (χ0) is 22.2. The summed E-state index contributed by atoms with van der Waals surface area (Å²) < 4.78 is 28.2. The number of methoxy groups -OCH3 is 1. The molecule has 5 rings (SSSR count). The van der Waals surface area contributed by atoms with Crippen molar-refractivity contribution in [2.24, 2.45) is 0 Å². The Bertz CT molecular complexity index is 1500. The van der Waals surface area contributed by atoms with E-state index in [4.69, 9.17) is 9.26 Å². The maximum Gasteiger partial charge on any atom is 0.278 e. The van der Waals surface area contributed by atoms with Crippen LogP contribution in [0.1, 0.15) is 24.2 Å². The average molecular weight is 433 g/mol. The molecule has 0 saturated heterocycles. The van der Waals surface area contributed by atoms with Gasteiger partial charge in [0, 0.05) is 17.4 Å². The van der Waals surface area contributed by atoms with Gasteiger partial charge in [-0.3, -0.25) is 9.36 Å². The number of hydrogen-bond acceptors (Lipinski definition) is 6. The Labute approximate surface area is 181 Å². The molecule has 0 radical (unpaired) electrons. The number of rotatable bonds is 6. The Morgan fingerprint density at radius 2 is 2.00 bits per heavy atom. The fourth-order valence-corrected chi connectivity index (χ4v) is 3.82. The number of fused-ring (bicyclic) bond motifs is 3. The van der Waals surface area contributed by atoms with Crippen molar-refractivity contribution in [1.82, 2.24) is 24.3 Å². The fraction of sp³-hybridized carbons (Fsp3) is 0.217. The van der Waals surface area contributed by atoms with Crippen molar-refractivity contribution in [2.45, 2.75) is 26.4 Å². The monoisotopic (exact) mass is 433 g/mol. The Balaban J connectivity index is 1.72. The minimum atomic E-state index is -0.335. The van der Waals surface area contributed by atoms with Crippen molar-refractivity contribution in [1.29, 1.82) is 0 Å². The van der Waals surface area contributed by atoms with Gasteiger partial charge < -0.3 is 13.8 Å². The topological polar surface area (TPSA) is 88.0 Å². The van der Waals surface area contributed by atoms with Gasteiger partial charge in [0.05, 0.1) is 25.5 Å². The molecule has 0 spiro atoms. The van der Waals surface area contributed by atoms with Gasteiger partial charge in [0.1, 0.15) is 29.1 Å². The maximum atomic E-state index is 14.4. The standard InChI is InChI=1S/C23H20FN5O3/c1-3-19-26-20(32-27-19)12-28-13-25-21-16-10-15(31-2)8-9-18(16)29(22(21)23(28)30)11-14-6-4-5-7-17(14)24/h4-10,13H,3,11-12H2,1-2H3. The summed E-state index contributed by atoms with van der Waals surface area (Å²) >= 11 is 0. The third-order valence-corrected chi connectivity index (χ3v) is 5.45. The highest BCUT2D eigenvalue weighted by Crippen LogP contribution is 2.30. The molecular weight excluding hydrogens is 413 g/mol. The molecule has 162 valence electrons. The van der Waals surface area contributed by atoms with Crippen molar-refractivity contribution in [3.8, 4) is 5.75 Å². The largest absolute Gasteiger partial charge is 0.497 e. The average Bonchev–Trinajstić information content (AvgIpc) is 3.39. The zero-order valence-corrected chi connectivity index (χ0v) is 17.6. The van der Waals surface area contributed by atoms with E-state index < -0.39 is 0 Å². The summed E-state index contributed by atoms with van der Waals surface area (Å²) in [6.45, 7) is 2.20. The van der Waals surface area contributed by atoms with Crippen LogP contribution in [0.25, 0.3) is 21.9 Å². The van der Waals surface area contributed by atoms with Gasteiger partial charge in [-0.1, -0.05) is 30.3 Å². The van der Waals surface area contributed by atoms with Crippen molar-refractivity contribution < 1.29 is 13.7 Å². The summed E-state index contributed by atoms with van der Waals surface area (Å²) in [7, 11) is 1.58. The minimum absolute atomic E-state index is 0.0965. The van der Waals surface area contributed by atoms with Crippen molar-refractivity contribution in [2.75, 3.05) is 7.11 Å². The van der Waals surface area contributed by atoms with Gasteiger partial charge in [0.15, 0.2) is 5.82 Å². The van der Waals surface area contributed by atoms with E-state index in [-0.39, 0.29) is 24.5 Å². The lowest BCUT2D eigenvalue weighted by atomic mass is 10.2. The van der Waals surface area contributed by atoms with E-state index in [9.17, 15) is 9.18 Å². The van der Waals surface area contributed by atoms with Gasteiger partial charge in [-0.05, 0) is 24.3 Å². The van der Waals surface area contributed by atoms with Crippen LogP contribution in [0.15, 0.2) is 58.1 Å². The summed E-state index contributed by atoms with van der Waals surface area (Å²) in [5, 5.41) is 4.63. The molecule has 0 aliphatic rings. The van der Waals surface area contributed by atoms with E-state index in [2.05, 4.69) is 15.1 Å². The number of ether oxygens (including phenoxy) is 1. The molecule has 3 heterocycles. The number of halogens is 1. The molecule has 0 N–H and O–H groups in total. The summed E-state index contributed by atoms with van der Waals surface area (Å²) in [4.78, 5) is 22.3. The molecule has 5 aromatic rings. The fourth-order valence-electron chi connectivity index (χ4n) is 3.82. The summed E-state index contributed by atoms with van der Waals surface area (Å²) in [5.41, 5.74) is 1.85. The van der Waals surface area contributed by atoms with E-state index in [1.54, 1.807) is 29.9 Å². The van der Waals surface area contributed by atoms with Gasteiger partial charge >= 0.3 is 0 Å². The first-order chi connectivity index (χ1) is 15.6. The smallest absolute Gasteiger partial charge is 0.278 e. The lowest BCUT2D eigenvalue weighted by Crippen LogP contribution is -2.23. The molecule has 32 heavy (non-hydrogen) atoms. The van der Waals surface area contributed by atoms with Gasteiger partial charge in [0.25, 0.3) is 5.56 Å². The highest BCUT2D eigenvalue weighted by atomic mass is 19.1. The van der Waals surface area contributed by atoms with Crippen molar-refractivity contribution >= 4 is 21.9 Å². The molecule has 0 aliphatic heterocycles. The molecule has 2 aromatic carbocycles. The van der Waals surface area contributed by atoms with Crippen LogP contribution in [-0.2, 0) is 19.5 Å². The molecule has 0 aliphatic carbocycles. The Kier molecular flexibility index (Phi) is 4.93. The van der Waals surface area contributed by atoms with E-state index >= 15 is 0 Å². The predicted octanol–water partition coefficient (Wildman–Crippen LogP) is 3.54. The number of hydrogen-bond donors (Lipinski definition) is 0. The molecule has 0 atom stereocenters. The van der Waals surface area contributed by atoms with Gasteiger partial charge in [0.2, 0.25) is 5.89 Å². The summed E-state index contributed by atoms with van der Waals surface area (Å²) in [6, 6.07) is 12.0. The Morgan fingerprint density at radius 1 is 1.16 bits per heavy atom. The molecule has 3 aromatic heterocycles. The molecule has 0 unspecified atom stereocenters. The quantitative estimate of drug-likeness (QED) is 0.407. The van der Waals surface area contributed by atoms with Crippen LogP contribution >= 0.6 is 0 Å². The second-order valence-electron chi connectivity index (χ2n) is 7.39. The van der Waals surface area contributed by atoms with E-state index in [1.807, 2.05) is 25.1 Å². The molecule has 0 fully saturated rings. The van der Waals surface area contributed by atoms with E-state index in [1.165, 1.54) is 17.0 Å². The maximum absolute atomic E-state index is 14.4. The Hall–Kier alpha value is -4.01. The van der Waals surface area contributed by atoms with Gasteiger partial charge in [-0.15, -0.1) is 0 Å². The van der Waals surface area contributed by atoms with Crippen molar-refractivity contribution in [3.63, 3.8) is 0 Å². The first kappa shape index (κ1) is 19.9. The molecule has 0 bridgehead atoms. The van der Waals surface area contributed by atoms with Crippen LogP contribution in [0.2, 0.25) is 0 Å². The van der Waals surface area contributed by atoms with E-state index in [0.717, 1.165) is 10.9 Å². The second kappa shape index (κ2) is 7.92. The number of nitrogens with zero attached hydrogens (tertiary/aromatic N) is 5.